The zero-order chi connectivity index (χ0) is 12.4. The fourth-order valence-corrected chi connectivity index (χ4v) is 1.94. The number of methoxy groups -OCH3 is 2. The Morgan fingerprint density at radius 1 is 1.35 bits per heavy atom. The largest absolute Gasteiger partial charge is 0.493 e. The average Bonchev–Trinajstić information content (AvgIpc) is 2.66. The van der Waals surface area contributed by atoms with Crippen molar-refractivity contribution in [3.63, 3.8) is 0 Å². The monoisotopic (exact) mass is 237 g/mol. The van der Waals surface area contributed by atoms with Gasteiger partial charge in [-0.2, -0.15) is 0 Å². The lowest BCUT2D eigenvalue weighted by atomic mass is 10.1. The maximum absolute atomic E-state index is 11.8. The molecule has 1 N–H and O–H groups in total. The van der Waals surface area contributed by atoms with Crippen LogP contribution in [-0.2, 0) is 4.74 Å². The molecule has 0 saturated carbocycles. The van der Waals surface area contributed by atoms with Gasteiger partial charge in [-0.1, -0.05) is 6.92 Å². The fourth-order valence-electron chi connectivity index (χ4n) is 1.94. The Labute approximate surface area is 99.7 Å². The number of rotatable bonds is 4. The van der Waals surface area contributed by atoms with Gasteiger partial charge in [0.2, 0.25) is 0 Å². The van der Waals surface area contributed by atoms with Gasteiger partial charge in [-0.15, -0.1) is 0 Å². The molecule has 1 aliphatic rings. The van der Waals surface area contributed by atoms with E-state index in [4.69, 9.17) is 14.2 Å². The smallest absolute Gasteiger partial charge is 0.344 e. The van der Waals surface area contributed by atoms with E-state index < -0.39 is 6.23 Å². The summed E-state index contributed by atoms with van der Waals surface area (Å²) in [6.45, 7) is 2.66. The Bertz CT molecular complexity index is 444. The zero-order valence-electron chi connectivity index (χ0n) is 10.1. The number of ether oxygens (including phenoxy) is 3. The van der Waals surface area contributed by atoms with Gasteiger partial charge in [-0.25, -0.2) is 4.79 Å². The summed E-state index contributed by atoms with van der Waals surface area (Å²) in [5.41, 5.74) is 1.23. The van der Waals surface area contributed by atoms with Gasteiger partial charge in [0.1, 0.15) is 5.56 Å². The van der Waals surface area contributed by atoms with Crippen molar-refractivity contribution in [3.05, 3.63) is 23.3 Å². The van der Waals surface area contributed by atoms with Crippen molar-refractivity contribution in [3.8, 4) is 11.5 Å². The van der Waals surface area contributed by atoms with Crippen LogP contribution in [0.3, 0.4) is 0 Å². The predicted octanol–water partition coefficient (Wildman–Crippen LogP) is 1.48. The second kappa shape index (κ2) is 4.63. The van der Waals surface area contributed by atoms with E-state index in [1.165, 1.54) is 14.2 Å². The van der Waals surface area contributed by atoms with E-state index >= 15 is 0 Å². The van der Waals surface area contributed by atoms with Gasteiger partial charge in [-0.3, -0.25) is 5.32 Å². The van der Waals surface area contributed by atoms with Gasteiger partial charge in [0.05, 0.1) is 14.2 Å². The van der Waals surface area contributed by atoms with Crippen molar-refractivity contribution in [2.75, 3.05) is 20.8 Å². The maximum Gasteiger partial charge on any atom is 0.344 e. The minimum Gasteiger partial charge on any atom is -0.493 e. The molecule has 0 fully saturated rings. The zero-order valence-corrected chi connectivity index (χ0v) is 10.1. The highest BCUT2D eigenvalue weighted by Gasteiger charge is 2.35. The first kappa shape index (κ1) is 11.7. The molecule has 0 aromatic heterocycles. The number of fused-ring (bicyclic) bond motifs is 1. The van der Waals surface area contributed by atoms with Crippen molar-refractivity contribution >= 4 is 5.97 Å². The molecule has 0 radical (unpaired) electrons. The summed E-state index contributed by atoms with van der Waals surface area (Å²) in [4.78, 5) is 11.8. The van der Waals surface area contributed by atoms with Crippen molar-refractivity contribution in [2.24, 2.45) is 0 Å². The fraction of sp³-hybridized carbons (Fsp3) is 0.417. The van der Waals surface area contributed by atoms with Crippen LogP contribution in [0.2, 0.25) is 0 Å². The first-order valence-electron chi connectivity index (χ1n) is 5.42. The molecule has 1 atom stereocenters. The Balaban J connectivity index is 2.51. The van der Waals surface area contributed by atoms with E-state index in [9.17, 15) is 4.79 Å². The molecule has 17 heavy (non-hydrogen) atoms. The van der Waals surface area contributed by atoms with Crippen molar-refractivity contribution < 1.29 is 19.0 Å². The highest BCUT2D eigenvalue weighted by atomic mass is 16.6. The van der Waals surface area contributed by atoms with Gasteiger partial charge in [0.15, 0.2) is 17.7 Å². The summed E-state index contributed by atoms with van der Waals surface area (Å²) in [6, 6.07) is 3.58. The lowest BCUT2D eigenvalue weighted by Gasteiger charge is -2.12. The molecule has 0 bridgehead atoms. The molecule has 5 heteroatoms. The predicted molar refractivity (Wildman–Crippen MR) is 61.4 cm³/mol. The Kier molecular flexibility index (Phi) is 3.19. The molecule has 0 unspecified atom stereocenters. The summed E-state index contributed by atoms with van der Waals surface area (Å²) in [7, 11) is 3.04. The second-order valence-corrected chi connectivity index (χ2v) is 3.61. The number of nitrogens with one attached hydrogen (secondary N) is 1. The van der Waals surface area contributed by atoms with Crippen LogP contribution in [0.5, 0.6) is 11.5 Å². The van der Waals surface area contributed by atoms with E-state index in [2.05, 4.69) is 5.32 Å². The number of hydrogen-bond donors (Lipinski definition) is 1. The Morgan fingerprint density at radius 3 is 2.71 bits per heavy atom. The summed E-state index contributed by atoms with van der Waals surface area (Å²) in [5.74, 6) is 0.567. The molecule has 5 nitrogen and oxygen atoms in total. The topological polar surface area (TPSA) is 56.8 Å². The number of carbonyl (C=O) groups excluding carboxylic acids is 1. The van der Waals surface area contributed by atoms with Crippen molar-refractivity contribution in [2.45, 2.75) is 13.2 Å². The summed E-state index contributed by atoms with van der Waals surface area (Å²) < 4.78 is 15.6. The van der Waals surface area contributed by atoms with Crippen LogP contribution in [0.4, 0.5) is 0 Å². The molecule has 0 saturated heterocycles. The number of esters is 1. The standard InChI is InChI=1S/C12H15NO4/c1-4-13-11-7-5-6-8(15-2)10(16-3)9(7)12(14)17-11/h5-6,11,13H,4H2,1-3H3/t11-/m0/s1. The third-order valence-corrected chi connectivity index (χ3v) is 2.68. The van der Waals surface area contributed by atoms with Gasteiger partial charge >= 0.3 is 5.97 Å². The number of benzene rings is 1. The molecule has 0 aliphatic carbocycles. The quantitative estimate of drug-likeness (QED) is 0.804. The molecular weight excluding hydrogens is 222 g/mol. The first-order chi connectivity index (χ1) is 8.22. The lowest BCUT2D eigenvalue weighted by molar-refractivity contribution is 0.0312. The normalized spacial score (nSPS) is 17.6. The Hall–Kier alpha value is -1.75. The maximum atomic E-state index is 11.8. The van der Waals surface area contributed by atoms with Gasteiger partial charge in [0, 0.05) is 5.56 Å². The molecule has 0 amide bonds. The van der Waals surface area contributed by atoms with E-state index in [1.807, 2.05) is 13.0 Å². The molecule has 1 heterocycles. The van der Waals surface area contributed by atoms with E-state index in [1.54, 1.807) is 6.07 Å². The first-order valence-corrected chi connectivity index (χ1v) is 5.42. The summed E-state index contributed by atoms with van der Waals surface area (Å²) >= 11 is 0. The van der Waals surface area contributed by atoms with E-state index in [0.29, 0.717) is 23.6 Å². The number of carbonyl (C=O) groups is 1. The average molecular weight is 237 g/mol. The minimum absolute atomic E-state index is 0.387. The van der Waals surface area contributed by atoms with Crippen LogP contribution >= 0.6 is 0 Å². The van der Waals surface area contributed by atoms with Crippen LogP contribution in [0.25, 0.3) is 0 Å². The highest BCUT2D eigenvalue weighted by molar-refractivity contribution is 5.98. The van der Waals surface area contributed by atoms with Gasteiger partial charge in [-0.05, 0) is 18.7 Å². The third kappa shape index (κ3) is 1.82. The van der Waals surface area contributed by atoms with Crippen LogP contribution in [0, 0.1) is 0 Å². The van der Waals surface area contributed by atoms with Crippen LogP contribution in [-0.4, -0.2) is 26.7 Å². The molecular formula is C12H15NO4. The molecule has 1 aromatic carbocycles. The molecule has 1 aromatic rings. The third-order valence-electron chi connectivity index (χ3n) is 2.68. The highest BCUT2D eigenvalue weighted by Crippen LogP contribution is 2.40. The Morgan fingerprint density at radius 2 is 2.12 bits per heavy atom. The SMILES string of the molecule is CCN[C@H]1OC(=O)c2c1ccc(OC)c2OC. The van der Waals surface area contributed by atoms with Crippen LogP contribution in [0.15, 0.2) is 12.1 Å². The van der Waals surface area contributed by atoms with Gasteiger partial charge < -0.3 is 14.2 Å². The molecule has 92 valence electrons. The molecule has 2 rings (SSSR count). The van der Waals surface area contributed by atoms with Crippen molar-refractivity contribution in [1.82, 2.24) is 5.32 Å². The molecule has 1 aliphatic heterocycles. The van der Waals surface area contributed by atoms with E-state index in [-0.39, 0.29) is 5.97 Å². The lowest BCUT2D eigenvalue weighted by Crippen LogP contribution is -2.20. The summed E-state index contributed by atoms with van der Waals surface area (Å²) in [5, 5.41) is 3.08. The van der Waals surface area contributed by atoms with Gasteiger partial charge in [0.25, 0.3) is 0 Å². The van der Waals surface area contributed by atoms with Crippen molar-refractivity contribution in [1.29, 1.82) is 0 Å². The van der Waals surface area contributed by atoms with E-state index in [0.717, 1.165) is 5.56 Å². The van der Waals surface area contributed by atoms with Crippen LogP contribution in [0.1, 0.15) is 29.1 Å². The second-order valence-electron chi connectivity index (χ2n) is 3.61. The number of cyclic esters (lactones) is 1. The summed E-state index contributed by atoms with van der Waals surface area (Å²) in [6.07, 6.45) is -0.401. The molecule has 0 spiro atoms. The van der Waals surface area contributed by atoms with Crippen LogP contribution < -0.4 is 14.8 Å². The number of hydrogen-bond acceptors (Lipinski definition) is 5. The minimum atomic E-state index is -0.401.